The Labute approximate surface area is 246 Å². The number of aromatic hydroxyl groups is 1. The fourth-order valence-electron chi connectivity index (χ4n) is 5.54. The molecule has 2 aromatic rings. The van der Waals surface area contributed by atoms with Crippen LogP contribution in [0.3, 0.4) is 0 Å². The number of aryl methyl sites for hydroxylation is 1. The number of halogens is 5. The van der Waals surface area contributed by atoms with Crippen LogP contribution in [-0.4, -0.2) is 56.2 Å². The first-order chi connectivity index (χ1) is 19.8. The summed E-state index contributed by atoms with van der Waals surface area (Å²) in [5.74, 6) is -2.54. The third kappa shape index (κ3) is 11.3. The number of fused-ring (bicyclic) bond motifs is 1. The normalized spacial score (nSPS) is 14.4. The van der Waals surface area contributed by atoms with Gasteiger partial charge in [0.1, 0.15) is 5.75 Å². The highest BCUT2D eigenvalue weighted by Crippen LogP contribution is 2.40. The summed E-state index contributed by atoms with van der Waals surface area (Å²) < 4.78 is 88.0. The van der Waals surface area contributed by atoms with E-state index in [0.717, 1.165) is 93.2 Å². The summed E-state index contributed by atoms with van der Waals surface area (Å²) in [5.41, 5.74) is 5.00. The molecule has 3 rings (SSSR count). The van der Waals surface area contributed by atoms with Crippen molar-refractivity contribution in [3.63, 3.8) is 0 Å². The summed E-state index contributed by atoms with van der Waals surface area (Å²) in [6, 6.07) is 9.50. The molecule has 0 aromatic heterocycles. The molecule has 42 heavy (non-hydrogen) atoms. The van der Waals surface area contributed by atoms with Gasteiger partial charge in [-0.15, -0.1) is 0 Å². The molecule has 0 saturated heterocycles. The van der Waals surface area contributed by atoms with Crippen molar-refractivity contribution in [2.24, 2.45) is 0 Å². The molecule has 0 amide bonds. The first-order valence-electron chi connectivity index (χ1n) is 14.8. The average molecular weight is 616 g/mol. The van der Waals surface area contributed by atoms with Crippen molar-refractivity contribution < 1.29 is 35.5 Å². The Bertz CT molecular complexity index is 1310. The van der Waals surface area contributed by atoms with Crippen LogP contribution in [0.15, 0.2) is 36.4 Å². The number of nitrogens with zero attached hydrogens (tertiary/aromatic N) is 1. The third-order valence-electron chi connectivity index (χ3n) is 7.83. The van der Waals surface area contributed by atoms with E-state index in [9.17, 15) is 35.5 Å². The first-order valence-corrected chi connectivity index (χ1v) is 16.6. The highest BCUT2D eigenvalue weighted by atomic mass is 32.2. The predicted molar refractivity (Wildman–Crippen MR) is 158 cm³/mol. The minimum Gasteiger partial charge on any atom is -0.508 e. The standard InChI is InChI=1S/C32H42F5NO3S/c1-38(19-7-4-8-20-42(40,41)21-17-32(35,36)37)18-6-3-2-5-11-29-27(25-13-16-30(33)31(34)23-25)12-9-10-24-22-26(39)14-15-28(24)29/h13-16,22-23,39H,2-12,17-21H2,1H3. The van der Waals surface area contributed by atoms with E-state index in [1.54, 1.807) is 18.2 Å². The van der Waals surface area contributed by atoms with Crippen LogP contribution in [-0.2, 0) is 16.3 Å². The molecule has 0 heterocycles. The van der Waals surface area contributed by atoms with Crippen molar-refractivity contribution in [1.29, 1.82) is 0 Å². The molecule has 0 saturated carbocycles. The second kappa shape index (κ2) is 15.8. The molecular formula is C32H42F5NO3S. The summed E-state index contributed by atoms with van der Waals surface area (Å²) in [7, 11) is -1.66. The van der Waals surface area contributed by atoms with E-state index in [1.807, 2.05) is 13.1 Å². The SMILES string of the molecule is CN(CCCCCCC1=C(c2ccc(F)c(F)c2)CCCc2cc(O)ccc21)CCCCCS(=O)(=O)CCC(F)(F)F. The number of hydrogen-bond donors (Lipinski definition) is 1. The predicted octanol–water partition coefficient (Wildman–Crippen LogP) is 8.34. The van der Waals surface area contributed by atoms with Crippen molar-refractivity contribution in [3.05, 3.63) is 64.7 Å². The summed E-state index contributed by atoms with van der Waals surface area (Å²) in [4.78, 5) is 2.19. The zero-order chi connectivity index (χ0) is 30.8. The number of rotatable bonds is 16. The van der Waals surface area contributed by atoms with Gasteiger partial charge in [-0.3, -0.25) is 0 Å². The minimum atomic E-state index is -4.45. The molecule has 2 aromatic carbocycles. The Kier molecular flexibility index (Phi) is 12.8. The number of hydrogen-bond acceptors (Lipinski definition) is 4. The van der Waals surface area contributed by atoms with E-state index in [2.05, 4.69) is 4.90 Å². The zero-order valence-corrected chi connectivity index (χ0v) is 25.1. The van der Waals surface area contributed by atoms with Gasteiger partial charge in [-0.1, -0.05) is 31.4 Å². The van der Waals surface area contributed by atoms with Gasteiger partial charge in [0.15, 0.2) is 21.5 Å². The maximum absolute atomic E-state index is 14.1. The lowest BCUT2D eigenvalue weighted by Gasteiger charge is -2.18. The van der Waals surface area contributed by atoms with Gasteiger partial charge in [-0.25, -0.2) is 17.2 Å². The molecule has 0 unspecified atom stereocenters. The largest absolute Gasteiger partial charge is 0.508 e. The molecule has 10 heteroatoms. The van der Waals surface area contributed by atoms with Gasteiger partial charge in [-0.05, 0) is 124 Å². The molecule has 1 N–H and O–H groups in total. The fourth-order valence-corrected chi connectivity index (χ4v) is 6.93. The molecular weight excluding hydrogens is 573 g/mol. The molecule has 0 radical (unpaired) electrons. The van der Waals surface area contributed by atoms with Crippen LogP contribution in [0.1, 0.15) is 87.3 Å². The van der Waals surface area contributed by atoms with Crippen LogP contribution < -0.4 is 0 Å². The van der Waals surface area contributed by atoms with Gasteiger partial charge in [0, 0.05) is 0 Å². The average Bonchev–Trinajstić information content (AvgIpc) is 3.09. The minimum absolute atomic E-state index is 0.202. The Morgan fingerprint density at radius 1 is 0.833 bits per heavy atom. The summed E-state index contributed by atoms with van der Waals surface area (Å²) in [5, 5.41) is 10.0. The highest BCUT2D eigenvalue weighted by Gasteiger charge is 2.29. The van der Waals surface area contributed by atoms with E-state index in [-0.39, 0.29) is 11.5 Å². The van der Waals surface area contributed by atoms with Crippen molar-refractivity contribution in [2.45, 2.75) is 83.2 Å². The molecule has 0 aliphatic heterocycles. The van der Waals surface area contributed by atoms with Crippen molar-refractivity contribution in [2.75, 3.05) is 31.6 Å². The zero-order valence-electron chi connectivity index (χ0n) is 24.3. The lowest BCUT2D eigenvalue weighted by Crippen LogP contribution is -2.21. The van der Waals surface area contributed by atoms with Gasteiger partial charge in [-0.2, -0.15) is 13.2 Å². The lowest BCUT2D eigenvalue weighted by atomic mass is 9.89. The summed E-state index contributed by atoms with van der Waals surface area (Å²) in [6.45, 7) is 1.70. The highest BCUT2D eigenvalue weighted by molar-refractivity contribution is 7.91. The third-order valence-corrected chi connectivity index (χ3v) is 9.56. The smallest absolute Gasteiger partial charge is 0.390 e. The quantitative estimate of drug-likeness (QED) is 0.152. The van der Waals surface area contributed by atoms with E-state index in [4.69, 9.17) is 0 Å². The van der Waals surface area contributed by atoms with Crippen molar-refractivity contribution >= 4 is 21.0 Å². The van der Waals surface area contributed by atoms with Crippen LogP contribution in [0.2, 0.25) is 0 Å². The van der Waals surface area contributed by atoms with Crippen LogP contribution in [0.4, 0.5) is 22.0 Å². The topological polar surface area (TPSA) is 57.6 Å². The number of unbranched alkanes of at least 4 members (excludes halogenated alkanes) is 5. The summed E-state index contributed by atoms with van der Waals surface area (Å²) in [6.07, 6.45) is 3.27. The van der Waals surface area contributed by atoms with Crippen molar-refractivity contribution in [3.8, 4) is 5.75 Å². The number of phenols is 1. The fraction of sp³-hybridized carbons (Fsp3) is 0.562. The second-order valence-corrected chi connectivity index (χ2v) is 13.6. The number of benzene rings is 2. The Hall–Kier alpha value is -2.46. The molecule has 0 fully saturated rings. The number of allylic oxidation sites excluding steroid dienone is 2. The maximum atomic E-state index is 14.1. The van der Waals surface area contributed by atoms with Gasteiger partial charge < -0.3 is 10.0 Å². The molecule has 1 aliphatic rings. The lowest BCUT2D eigenvalue weighted by molar-refractivity contribution is -0.129. The monoisotopic (exact) mass is 615 g/mol. The molecule has 4 nitrogen and oxygen atoms in total. The van der Waals surface area contributed by atoms with Crippen LogP contribution in [0.25, 0.3) is 11.1 Å². The molecule has 0 spiro atoms. The first kappa shape index (κ1) is 34.0. The van der Waals surface area contributed by atoms with E-state index in [0.29, 0.717) is 18.4 Å². The summed E-state index contributed by atoms with van der Waals surface area (Å²) >= 11 is 0. The Morgan fingerprint density at radius 3 is 2.21 bits per heavy atom. The van der Waals surface area contributed by atoms with Gasteiger partial charge >= 0.3 is 6.18 Å². The van der Waals surface area contributed by atoms with Gasteiger partial charge in [0.25, 0.3) is 0 Å². The number of phenolic OH excluding ortho intramolecular Hbond substituents is 1. The van der Waals surface area contributed by atoms with Crippen molar-refractivity contribution in [1.82, 2.24) is 4.90 Å². The van der Waals surface area contributed by atoms with Crippen LogP contribution >= 0.6 is 0 Å². The number of alkyl halides is 3. The van der Waals surface area contributed by atoms with E-state index < -0.39 is 39.8 Å². The molecule has 0 bridgehead atoms. The number of sulfone groups is 1. The Balaban J connectivity index is 1.43. The van der Waals surface area contributed by atoms with Crippen LogP contribution in [0, 0.1) is 11.6 Å². The van der Waals surface area contributed by atoms with Gasteiger partial charge in [0.2, 0.25) is 0 Å². The second-order valence-electron chi connectivity index (χ2n) is 11.3. The van der Waals surface area contributed by atoms with Gasteiger partial charge in [0.05, 0.1) is 17.9 Å². The molecule has 0 atom stereocenters. The maximum Gasteiger partial charge on any atom is 0.390 e. The van der Waals surface area contributed by atoms with E-state index in [1.165, 1.54) is 12.1 Å². The van der Waals surface area contributed by atoms with Crippen LogP contribution in [0.5, 0.6) is 5.75 Å². The molecule has 234 valence electrons. The Morgan fingerprint density at radius 2 is 1.52 bits per heavy atom. The molecule has 1 aliphatic carbocycles. The van der Waals surface area contributed by atoms with E-state index >= 15 is 0 Å².